The van der Waals surface area contributed by atoms with Crippen LogP contribution in [0.5, 0.6) is 11.5 Å². The van der Waals surface area contributed by atoms with Gasteiger partial charge in [-0.1, -0.05) is 6.07 Å². The van der Waals surface area contributed by atoms with Gasteiger partial charge >= 0.3 is 6.61 Å². The smallest absolute Gasteiger partial charge is 0.387 e. The molecule has 0 unspecified atom stereocenters. The molecule has 1 fully saturated rings. The number of anilines is 1. The van der Waals surface area contributed by atoms with E-state index in [1.807, 2.05) is 18.3 Å². The standard InChI is InChI=1S/C22H30F2N6O2/c1-25-22(28-15-17-12-18(31-3)5-6-19(17)32-21(23)24)27-14-16-4-7-20(26-13-16)30-10-8-29(2)9-11-30/h4-7,12-13,21H,8-11,14-15H2,1-3H3,(H2,25,27,28). The van der Waals surface area contributed by atoms with Gasteiger partial charge in [0.15, 0.2) is 5.96 Å². The Morgan fingerprint density at radius 2 is 1.88 bits per heavy atom. The quantitative estimate of drug-likeness (QED) is 0.474. The summed E-state index contributed by atoms with van der Waals surface area (Å²) in [6.07, 6.45) is 1.85. The maximum Gasteiger partial charge on any atom is 0.387 e. The Hall–Kier alpha value is -3.14. The molecule has 8 nitrogen and oxygen atoms in total. The number of ether oxygens (including phenoxy) is 2. The number of benzene rings is 1. The predicted octanol–water partition coefficient (Wildman–Crippen LogP) is 2.31. The van der Waals surface area contributed by atoms with E-state index in [1.165, 1.54) is 13.2 Å². The zero-order valence-electron chi connectivity index (χ0n) is 18.6. The third-order valence-corrected chi connectivity index (χ3v) is 5.25. The molecule has 0 bridgehead atoms. The molecule has 1 aliphatic heterocycles. The number of nitrogens with one attached hydrogen (secondary N) is 2. The minimum Gasteiger partial charge on any atom is -0.497 e. The molecule has 174 valence electrons. The van der Waals surface area contributed by atoms with Crippen LogP contribution in [0.1, 0.15) is 11.1 Å². The Bertz CT molecular complexity index is 886. The van der Waals surface area contributed by atoms with E-state index >= 15 is 0 Å². The Morgan fingerprint density at radius 3 is 2.50 bits per heavy atom. The first-order valence-electron chi connectivity index (χ1n) is 10.4. The second kappa shape index (κ2) is 11.5. The Labute approximate surface area is 187 Å². The fraction of sp³-hybridized carbons (Fsp3) is 0.455. The number of methoxy groups -OCH3 is 1. The highest BCUT2D eigenvalue weighted by atomic mass is 19.3. The van der Waals surface area contributed by atoms with E-state index in [0.717, 1.165) is 37.6 Å². The molecule has 0 atom stereocenters. The van der Waals surface area contributed by atoms with Crippen molar-refractivity contribution in [2.75, 3.05) is 52.3 Å². The molecule has 2 aromatic rings. The number of rotatable bonds is 8. The molecule has 0 amide bonds. The lowest BCUT2D eigenvalue weighted by Gasteiger charge is -2.33. The normalized spacial score (nSPS) is 15.1. The van der Waals surface area contributed by atoms with Crippen LogP contribution in [0.3, 0.4) is 0 Å². The predicted molar refractivity (Wildman–Crippen MR) is 121 cm³/mol. The van der Waals surface area contributed by atoms with Crippen LogP contribution in [-0.2, 0) is 13.1 Å². The van der Waals surface area contributed by atoms with Gasteiger partial charge in [0.1, 0.15) is 17.3 Å². The lowest BCUT2D eigenvalue weighted by atomic mass is 10.2. The van der Waals surface area contributed by atoms with Crippen molar-refractivity contribution >= 4 is 11.8 Å². The summed E-state index contributed by atoms with van der Waals surface area (Å²) in [4.78, 5) is 13.4. The molecule has 3 rings (SSSR count). The number of nitrogens with zero attached hydrogens (tertiary/aromatic N) is 4. The van der Waals surface area contributed by atoms with Crippen LogP contribution in [0, 0.1) is 0 Å². The number of hydrogen-bond donors (Lipinski definition) is 2. The summed E-state index contributed by atoms with van der Waals surface area (Å²) in [6.45, 7) is 1.86. The summed E-state index contributed by atoms with van der Waals surface area (Å²) < 4.78 is 35.2. The number of pyridine rings is 1. The zero-order chi connectivity index (χ0) is 22.9. The van der Waals surface area contributed by atoms with E-state index in [2.05, 4.69) is 42.2 Å². The van der Waals surface area contributed by atoms with Crippen molar-refractivity contribution in [2.45, 2.75) is 19.7 Å². The number of hydrogen-bond acceptors (Lipinski definition) is 6. The number of piperazine rings is 1. The topological polar surface area (TPSA) is 74.3 Å². The monoisotopic (exact) mass is 448 g/mol. The Morgan fingerprint density at radius 1 is 1.12 bits per heavy atom. The maximum atomic E-state index is 12.7. The molecule has 1 aliphatic rings. The van der Waals surface area contributed by atoms with Crippen molar-refractivity contribution in [3.63, 3.8) is 0 Å². The van der Waals surface area contributed by atoms with Crippen molar-refractivity contribution in [3.05, 3.63) is 47.7 Å². The summed E-state index contributed by atoms with van der Waals surface area (Å²) in [7, 11) is 5.29. The van der Waals surface area contributed by atoms with Gasteiger partial charge in [-0.2, -0.15) is 8.78 Å². The Kier molecular flexibility index (Phi) is 8.43. The molecular weight excluding hydrogens is 418 g/mol. The second-order valence-corrected chi connectivity index (χ2v) is 7.45. The minimum absolute atomic E-state index is 0.0902. The van der Waals surface area contributed by atoms with Crippen molar-refractivity contribution in [3.8, 4) is 11.5 Å². The summed E-state index contributed by atoms with van der Waals surface area (Å²) >= 11 is 0. The fourth-order valence-electron chi connectivity index (χ4n) is 3.36. The van der Waals surface area contributed by atoms with Crippen molar-refractivity contribution in [1.82, 2.24) is 20.5 Å². The highest BCUT2D eigenvalue weighted by molar-refractivity contribution is 5.79. The zero-order valence-corrected chi connectivity index (χ0v) is 18.6. The van der Waals surface area contributed by atoms with Gasteiger partial charge in [0.2, 0.25) is 0 Å². The maximum absolute atomic E-state index is 12.7. The van der Waals surface area contributed by atoms with Crippen LogP contribution in [0.2, 0.25) is 0 Å². The second-order valence-electron chi connectivity index (χ2n) is 7.45. The van der Waals surface area contributed by atoms with Gasteiger partial charge in [-0.3, -0.25) is 4.99 Å². The largest absolute Gasteiger partial charge is 0.497 e. The number of aliphatic imine (C=N–C) groups is 1. The molecule has 0 spiro atoms. The van der Waals surface area contributed by atoms with Crippen LogP contribution in [0.25, 0.3) is 0 Å². The first-order valence-corrected chi connectivity index (χ1v) is 10.4. The Balaban J connectivity index is 1.54. The highest BCUT2D eigenvalue weighted by Gasteiger charge is 2.15. The summed E-state index contributed by atoms with van der Waals surface area (Å²) in [5.41, 5.74) is 1.54. The fourth-order valence-corrected chi connectivity index (χ4v) is 3.36. The van der Waals surface area contributed by atoms with E-state index in [1.54, 1.807) is 19.2 Å². The molecule has 0 aliphatic carbocycles. The molecular formula is C22H30F2N6O2. The van der Waals surface area contributed by atoms with Gasteiger partial charge in [-0.25, -0.2) is 4.98 Å². The van der Waals surface area contributed by atoms with E-state index in [-0.39, 0.29) is 12.3 Å². The average Bonchev–Trinajstić information content (AvgIpc) is 2.80. The number of alkyl halides is 2. The average molecular weight is 449 g/mol. The van der Waals surface area contributed by atoms with Gasteiger partial charge in [0, 0.05) is 58.1 Å². The minimum atomic E-state index is -2.90. The van der Waals surface area contributed by atoms with Crippen molar-refractivity contribution in [1.29, 1.82) is 0 Å². The molecule has 0 saturated carbocycles. The third kappa shape index (κ3) is 6.68. The molecule has 2 heterocycles. The van der Waals surface area contributed by atoms with E-state index < -0.39 is 6.61 Å². The summed E-state index contributed by atoms with van der Waals surface area (Å²) in [6, 6.07) is 8.76. The van der Waals surface area contributed by atoms with Crippen molar-refractivity contribution < 1.29 is 18.3 Å². The summed E-state index contributed by atoms with van der Waals surface area (Å²) in [5, 5.41) is 6.32. The first-order chi connectivity index (χ1) is 15.5. The lowest BCUT2D eigenvalue weighted by molar-refractivity contribution is -0.0505. The van der Waals surface area contributed by atoms with Crippen molar-refractivity contribution in [2.24, 2.45) is 4.99 Å². The number of halogens is 2. The molecule has 10 heteroatoms. The van der Waals surface area contributed by atoms with E-state index in [9.17, 15) is 8.78 Å². The molecule has 1 aromatic heterocycles. The van der Waals surface area contributed by atoms with Gasteiger partial charge in [0.25, 0.3) is 0 Å². The van der Waals surface area contributed by atoms with E-state index in [0.29, 0.717) is 23.8 Å². The van der Waals surface area contributed by atoms with Gasteiger partial charge in [0.05, 0.1) is 7.11 Å². The van der Waals surface area contributed by atoms with Crippen LogP contribution in [0.4, 0.5) is 14.6 Å². The molecule has 0 radical (unpaired) electrons. The number of guanidine groups is 1. The SMILES string of the molecule is CN=C(NCc1ccc(N2CCN(C)CC2)nc1)NCc1cc(OC)ccc1OC(F)F. The molecule has 2 N–H and O–H groups in total. The summed E-state index contributed by atoms with van der Waals surface area (Å²) in [5.74, 6) is 2.15. The van der Waals surface area contributed by atoms with Gasteiger partial charge in [-0.05, 0) is 36.9 Å². The van der Waals surface area contributed by atoms with Crippen LogP contribution >= 0.6 is 0 Å². The first kappa shape index (κ1) is 23.5. The number of likely N-dealkylation sites (N-methyl/N-ethyl adjacent to an activating group) is 1. The van der Waals surface area contributed by atoms with E-state index in [4.69, 9.17) is 4.74 Å². The molecule has 1 saturated heterocycles. The lowest BCUT2D eigenvalue weighted by Crippen LogP contribution is -2.44. The number of aromatic nitrogens is 1. The van der Waals surface area contributed by atoms with Gasteiger partial charge in [-0.15, -0.1) is 0 Å². The molecule has 1 aromatic carbocycles. The molecule has 32 heavy (non-hydrogen) atoms. The van der Waals surface area contributed by atoms with Crippen LogP contribution in [0.15, 0.2) is 41.5 Å². The van der Waals surface area contributed by atoms with Crippen LogP contribution < -0.4 is 25.0 Å². The highest BCUT2D eigenvalue weighted by Crippen LogP contribution is 2.25. The van der Waals surface area contributed by atoms with Gasteiger partial charge < -0.3 is 29.9 Å². The van der Waals surface area contributed by atoms with Crippen LogP contribution in [-0.4, -0.2) is 69.8 Å². The third-order valence-electron chi connectivity index (χ3n) is 5.25.